The van der Waals surface area contributed by atoms with E-state index in [0.717, 1.165) is 12.0 Å². The third-order valence-electron chi connectivity index (χ3n) is 2.60. The zero-order valence-corrected chi connectivity index (χ0v) is 11.5. The first-order chi connectivity index (χ1) is 8.04. The average Bonchev–Trinajstić information content (AvgIpc) is 2.26. The molecule has 0 aromatic heterocycles. The molecule has 0 aliphatic heterocycles. The van der Waals surface area contributed by atoms with Gasteiger partial charge in [-0.3, -0.25) is 0 Å². The first-order valence-electron chi connectivity index (χ1n) is 6.05. The summed E-state index contributed by atoms with van der Waals surface area (Å²) in [6.07, 6.45) is 1.12. The van der Waals surface area contributed by atoms with E-state index >= 15 is 0 Å². The van der Waals surface area contributed by atoms with Crippen LogP contribution in [0.2, 0.25) is 5.02 Å². The van der Waals surface area contributed by atoms with Gasteiger partial charge in [-0.15, -0.1) is 0 Å². The van der Waals surface area contributed by atoms with Crippen LogP contribution in [0.15, 0.2) is 18.2 Å². The lowest BCUT2D eigenvalue weighted by atomic mass is 10.00. The first-order valence-corrected chi connectivity index (χ1v) is 6.43. The molecule has 0 heterocycles. The molecule has 0 radical (unpaired) electrons. The quantitative estimate of drug-likeness (QED) is 0.837. The fourth-order valence-corrected chi connectivity index (χ4v) is 2.19. The summed E-state index contributed by atoms with van der Waals surface area (Å²) in [6, 6.07) is 5.43. The van der Waals surface area contributed by atoms with Gasteiger partial charge in [-0.25, -0.2) is 0 Å². The molecule has 1 rings (SSSR count). The summed E-state index contributed by atoms with van der Waals surface area (Å²) < 4.78 is 5.73. The summed E-state index contributed by atoms with van der Waals surface area (Å²) in [5.41, 5.74) is 0.745. The summed E-state index contributed by atoms with van der Waals surface area (Å²) >= 11 is 6.06. The number of rotatable bonds is 6. The Balaban J connectivity index is 2.62. The number of hydrogen-bond acceptors (Lipinski definition) is 2. The summed E-state index contributed by atoms with van der Waals surface area (Å²) in [5.74, 6) is 1.77. The number of benzene rings is 1. The maximum atomic E-state index is 9.21. The third kappa shape index (κ3) is 4.57. The lowest BCUT2D eigenvalue weighted by Crippen LogP contribution is -2.12. The third-order valence-corrected chi connectivity index (χ3v) is 2.90. The maximum Gasteiger partial charge on any atom is 0.143 e. The van der Waals surface area contributed by atoms with Crippen LogP contribution in [0.4, 0.5) is 0 Å². The van der Waals surface area contributed by atoms with E-state index in [1.165, 1.54) is 0 Å². The van der Waals surface area contributed by atoms with E-state index in [0.29, 0.717) is 29.2 Å². The molecule has 1 atom stereocenters. The van der Waals surface area contributed by atoms with Crippen LogP contribution in [0.3, 0.4) is 0 Å². The smallest absolute Gasteiger partial charge is 0.143 e. The number of hydrogen-bond donors (Lipinski definition) is 1. The van der Waals surface area contributed by atoms with Crippen molar-refractivity contribution in [1.29, 1.82) is 0 Å². The van der Waals surface area contributed by atoms with Gasteiger partial charge in [0.1, 0.15) is 5.75 Å². The molecule has 1 N–H and O–H groups in total. The Morgan fingerprint density at radius 1 is 1.29 bits per heavy atom. The number of aliphatic hydroxyl groups is 1. The minimum absolute atomic E-state index is 0.0472. The van der Waals surface area contributed by atoms with Gasteiger partial charge in [0, 0.05) is 5.56 Å². The molecule has 0 aliphatic carbocycles. The molecule has 2 nitrogen and oxygen atoms in total. The molecule has 0 amide bonds. The molecule has 0 fully saturated rings. The summed E-state index contributed by atoms with van der Waals surface area (Å²) in [7, 11) is 0. The Labute approximate surface area is 109 Å². The molecule has 1 unspecified atom stereocenters. The second kappa shape index (κ2) is 6.87. The number of para-hydroxylation sites is 1. The summed E-state index contributed by atoms with van der Waals surface area (Å²) in [6.45, 7) is 7.15. The van der Waals surface area contributed by atoms with Crippen LogP contribution >= 0.6 is 11.6 Å². The van der Waals surface area contributed by atoms with Gasteiger partial charge < -0.3 is 9.84 Å². The van der Waals surface area contributed by atoms with Crippen molar-refractivity contribution in [3.63, 3.8) is 0 Å². The largest absolute Gasteiger partial charge is 0.491 e. The second-order valence-corrected chi connectivity index (χ2v) is 5.34. The molecule has 1 aromatic rings. The SMILES string of the molecule is CC(C)CC(C)COc1c(Cl)cccc1CO. The van der Waals surface area contributed by atoms with Crippen molar-refractivity contribution in [2.24, 2.45) is 11.8 Å². The van der Waals surface area contributed by atoms with Gasteiger partial charge >= 0.3 is 0 Å². The van der Waals surface area contributed by atoms with Crippen LogP contribution in [0.1, 0.15) is 32.8 Å². The van der Waals surface area contributed by atoms with Crippen LogP contribution in [0.5, 0.6) is 5.75 Å². The maximum absolute atomic E-state index is 9.21. The van der Waals surface area contributed by atoms with E-state index in [1.807, 2.05) is 12.1 Å². The number of halogens is 1. The van der Waals surface area contributed by atoms with Crippen molar-refractivity contribution in [2.45, 2.75) is 33.8 Å². The van der Waals surface area contributed by atoms with Gasteiger partial charge in [0.15, 0.2) is 0 Å². The zero-order valence-electron chi connectivity index (χ0n) is 10.7. The minimum atomic E-state index is -0.0472. The molecule has 1 aromatic carbocycles. The van der Waals surface area contributed by atoms with E-state index in [-0.39, 0.29) is 6.61 Å². The topological polar surface area (TPSA) is 29.5 Å². The molecule has 0 spiro atoms. The molecule has 0 saturated carbocycles. The van der Waals surface area contributed by atoms with E-state index < -0.39 is 0 Å². The number of aliphatic hydroxyl groups excluding tert-OH is 1. The van der Waals surface area contributed by atoms with E-state index in [2.05, 4.69) is 20.8 Å². The van der Waals surface area contributed by atoms with Crippen LogP contribution in [-0.2, 0) is 6.61 Å². The van der Waals surface area contributed by atoms with Gasteiger partial charge in [0.2, 0.25) is 0 Å². The van der Waals surface area contributed by atoms with Gasteiger partial charge in [-0.2, -0.15) is 0 Å². The summed E-state index contributed by atoms with van der Waals surface area (Å²) in [5, 5.41) is 9.78. The van der Waals surface area contributed by atoms with E-state index in [9.17, 15) is 5.11 Å². The van der Waals surface area contributed by atoms with Crippen molar-refractivity contribution < 1.29 is 9.84 Å². The van der Waals surface area contributed by atoms with E-state index in [4.69, 9.17) is 16.3 Å². The van der Waals surface area contributed by atoms with Gasteiger partial charge in [0.25, 0.3) is 0 Å². The minimum Gasteiger partial charge on any atom is -0.491 e. The van der Waals surface area contributed by atoms with Gasteiger partial charge in [-0.05, 0) is 24.3 Å². The highest BCUT2D eigenvalue weighted by Crippen LogP contribution is 2.29. The fourth-order valence-electron chi connectivity index (χ4n) is 1.94. The predicted octanol–water partition coefficient (Wildman–Crippen LogP) is 3.89. The van der Waals surface area contributed by atoms with Crippen LogP contribution in [0.25, 0.3) is 0 Å². The first kappa shape index (κ1) is 14.3. The normalized spacial score (nSPS) is 12.8. The van der Waals surface area contributed by atoms with Gasteiger partial charge in [-0.1, -0.05) is 44.5 Å². The highest BCUT2D eigenvalue weighted by Gasteiger charge is 2.11. The fraction of sp³-hybridized carbons (Fsp3) is 0.571. The molecule has 17 heavy (non-hydrogen) atoms. The van der Waals surface area contributed by atoms with E-state index in [1.54, 1.807) is 6.07 Å². The average molecular weight is 257 g/mol. The zero-order chi connectivity index (χ0) is 12.8. The predicted molar refractivity (Wildman–Crippen MR) is 71.5 cm³/mol. The van der Waals surface area contributed by atoms with Gasteiger partial charge in [0.05, 0.1) is 18.2 Å². The van der Waals surface area contributed by atoms with Crippen molar-refractivity contribution in [2.75, 3.05) is 6.61 Å². The Bertz CT molecular complexity index is 350. The summed E-state index contributed by atoms with van der Waals surface area (Å²) in [4.78, 5) is 0. The molecule has 0 aliphatic rings. The van der Waals surface area contributed by atoms with Crippen molar-refractivity contribution in [3.8, 4) is 5.75 Å². The molecular formula is C14H21ClO2. The Hall–Kier alpha value is -0.730. The second-order valence-electron chi connectivity index (χ2n) is 4.93. The molecule has 0 bridgehead atoms. The Morgan fingerprint density at radius 3 is 2.59 bits per heavy atom. The van der Waals surface area contributed by atoms with Crippen LogP contribution < -0.4 is 4.74 Å². The molecule has 3 heteroatoms. The lowest BCUT2D eigenvalue weighted by molar-refractivity contribution is 0.226. The lowest BCUT2D eigenvalue weighted by Gasteiger charge is -2.17. The Kier molecular flexibility index (Phi) is 5.79. The monoisotopic (exact) mass is 256 g/mol. The highest BCUT2D eigenvalue weighted by molar-refractivity contribution is 6.32. The van der Waals surface area contributed by atoms with Crippen molar-refractivity contribution >= 4 is 11.6 Å². The Morgan fingerprint density at radius 2 is 2.00 bits per heavy atom. The standard InChI is InChI=1S/C14H21ClO2/c1-10(2)7-11(3)9-17-14-12(8-16)5-4-6-13(14)15/h4-6,10-11,16H,7-9H2,1-3H3. The van der Waals surface area contributed by atoms with Crippen LogP contribution in [-0.4, -0.2) is 11.7 Å². The molecule has 96 valence electrons. The van der Waals surface area contributed by atoms with Crippen molar-refractivity contribution in [1.82, 2.24) is 0 Å². The number of ether oxygens (including phenoxy) is 1. The van der Waals surface area contributed by atoms with Crippen LogP contribution in [0, 0.1) is 11.8 Å². The molecular weight excluding hydrogens is 236 g/mol. The molecule has 0 saturated heterocycles. The highest BCUT2D eigenvalue weighted by atomic mass is 35.5. The van der Waals surface area contributed by atoms with Crippen molar-refractivity contribution in [3.05, 3.63) is 28.8 Å².